The number of amides is 1. The lowest BCUT2D eigenvalue weighted by Crippen LogP contribution is -2.12. The van der Waals surface area contributed by atoms with Crippen LogP contribution < -0.4 is 14.8 Å². The summed E-state index contributed by atoms with van der Waals surface area (Å²) in [6, 6.07) is 13.4. The Labute approximate surface area is 167 Å². The summed E-state index contributed by atoms with van der Waals surface area (Å²) in [5, 5.41) is 2.91. The maximum Gasteiger partial charge on any atom is 0.267 e. The Morgan fingerprint density at radius 1 is 1.04 bits per heavy atom. The molecule has 0 saturated heterocycles. The van der Waals surface area contributed by atoms with E-state index in [2.05, 4.69) is 15.0 Å². The number of aryl methyl sites for hydroxylation is 2. The number of anilines is 2. The number of methoxy groups -OCH3 is 1. The van der Waals surface area contributed by atoms with Gasteiger partial charge in [-0.15, -0.1) is 0 Å². The molecule has 0 fully saturated rings. The Kier molecular flexibility index (Phi) is 5.66. The van der Waals surface area contributed by atoms with Gasteiger partial charge in [0.05, 0.1) is 17.7 Å². The first-order valence-electron chi connectivity index (χ1n) is 8.31. The third-order valence-corrected chi connectivity index (χ3v) is 6.46. The average Bonchev–Trinajstić information content (AvgIpc) is 3.03. The van der Waals surface area contributed by atoms with Crippen molar-refractivity contribution in [1.29, 1.82) is 0 Å². The van der Waals surface area contributed by atoms with Crippen molar-refractivity contribution in [2.24, 2.45) is 0 Å². The number of carbonyl (C=O) groups is 1. The van der Waals surface area contributed by atoms with Crippen LogP contribution in [0.25, 0.3) is 0 Å². The summed E-state index contributed by atoms with van der Waals surface area (Å²) in [5.41, 5.74) is 2.19. The fourth-order valence-corrected chi connectivity index (χ4v) is 4.50. The van der Waals surface area contributed by atoms with E-state index in [4.69, 9.17) is 4.74 Å². The van der Waals surface area contributed by atoms with Gasteiger partial charge in [0.25, 0.3) is 15.9 Å². The number of aromatic nitrogens is 1. The van der Waals surface area contributed by atoms with Gasteiger partial charge in [-0.25, -0.2) is 13.4 Å². The van der Waals surface area contributed by atoms with E-state index in [0.717, 1.165) is 16.9 Å². The van der Waals surface area contributed by atoms with E-state index in [1.807, 2.05) is 19.1 Å². The predicted octanol–water partition coefficient (Wildman–Crippen LogP) is 3.82. The van der Waals surface area contributed by atoms with Crippen LogP contribution in [-0.2, 0) is 10.0 Å². The van der Waals surface area contributed by atoms with Crippen molar-refractivity contribution in [3.8, 4) is 5.75 Å². The highest BCUT2D eigenvalue weighted by Gasteiger charge is 2.20. The third-order valence-electron chi connectivity index (χ3n) is 3.90. The van der Waals surface area contributed by atoms with Gasteiger partial charge in [-0.1, -0.05) is 29.0 Å². The first-order chi connectivity index (χ1) is 13.3. The second-order valence-corrected chi connectivity index (χ2v) is 8.72. The lowest BCUT2D eigenvalue weighted by Gasteiger charge is -2.06. The lowest BCUT2D eigenvalue weighted by molar-refractivity contribution is 0.103. The number of benzene rings is 2. The highest BCUT2D eigenvalue weighted by atomic mass is 32.2. The molecule has 0 spiro atoms. The zero-order valence-electron chi connectivity index (χ0n) is 15.5. The Bertz CT molecular complexity index is 1090. The van der Waals surface area contributed by atoms with Crippen LogP contribution in [0.3, 0.4) is 0 Å². The van der Waals surface area contributed by atoms with Crippen LogP contribution in [0.4, 0.5) is 10.8 Å². The van der Waals surface area contributed by atoms with E-state index in [-0.39, 0.29) is 15.9 Å². The molecule has 3 rings (SSSR count). The highest BCUT2D eigenvalue weighted by Crippen LogP contribution is 2.26. The monoisotopic (exact) mass is 417 g/mol. The van der Waals surface area contributed by atoms with Crippen molar-refractivity contribution in [3.63, 3.8) is 0 Å². The number of hydrogen-bond acceptors (Lipinski definition) is 6. The lowest BCUT2D eigenvalue weighted by atomic mass is 10.2. The summed E-state index contributed by atoms with van der Waals surface area (Å²) in [6.07, 6.45) is 0. The summed E-state index contributed by atoms with van der Waals surface area (Å²) < 4.78 is 32.5. The number of sulfonamides is 1. The Balaban J connectivity index is 1.77. The fraction of sp³-hybridized carbons (Fsp3) is 0.158. The van der Waals surface area contributed by atoms with E-state index in [1.54, 1.807) is 31.2 Å². The number of rotatable bonds is 6. The summed E-state index contributed by atoms with van der Waals surface area (Å²) in [4.78, 5) is 17.1. The zero-order valence-corrected chi connectivity index (χ0v) is 17.1. The Hall–Kier alpha value is -2.91. The van der Waals surface area contributed by atoms with E-state index < -0.39 is 10.0 Å². The second-order valence-electron chi connectivity index (χ2n) is 6.03. The zero-order chi connectivity index (χ0) is 20.3. The Morgan fingerprint density at radius 3 is 2.29 bits per heavy atom. The topological polar surface area (TPSA) is 97.4 Å². The Morgan fingerprint density at radius 2 is 1.68 bits per heavy atom. The molecule has 3 aromatic rings. The van der Waals surface area contributed by atoms with Crippen LogP contribution in [0, 0.1) is 13.8 Å². The van der Waals surface area contributed by atoms with Gasteiger partial charge in [-0.2, -0.15) is 0 Å². The van der Waals surface area contributed by atoms with Gasteiger partial charge in [0.15, 0.2) is 5.13 Å². The third kappa shape index (κ3) is 4.49. The quantitative estimate of drug-likeness (QED) is 0.635. The molecule has 28 heavy (non-hydrogen) atoms. The largest absolute Gasteiger partial charge is 0.497 e. The molecule has 146 valence electrons. The van der Waals surface area contributed by atoms with Gasteiger partial charge < -0.3 is 10.1 Å². The number of hydrogen-bond donors (Lipinski definition) is 2. The van der Waals surface area contributed by atoms with Gasteiger partial charge in [0.1, 0.15) is 10.6 Å². The van der Waals surface area contributed by atoms with Gasteiger partial charge >= 0.3 is 0 Å². The standard InChI is InChI=1S/C19H19N3O4S2/c1-12-4-6-14(7-5-12)21-18(23)17-13(2)20-19(27-17)22-28(24,25)16-10-8-15(26-3)9-11-16/h4-11H,1-3H3,(H,20,22)(H,21,23). The molecule has 7 nitrogen and oxygen atoms in total. The van der Waals surface area contributed by atoms with E-state index in [0.29, 0.717) is 22.0 Å². The van der Waals surface area contributed by atoms with E-state index >= 15 is 0 Å². The molecule has 0 aliphatic rings. The van der Waals surface area contributed by atoms with Crippen molar-refractivity contribution in [2.45, 2.75) is 18.7 Å². The predicted molar refractivity (Wildman–Crippen MR) is 110 cm³/mol. The number of nitrogens with one attached hydrogen (secondary N) is 2. The van der Waals surface area contributed by atoms with Crippen LogP contribution in [0.15, 0.2) is 53.4 Å². The minimum Gasteiger partial charge on any atom is -0.497 e. The normalized spacial score (nSPS) is 11.1. The molecule has 0 bridgehead atoms. The molecular formula is C19H19N3O4S2. The van der Waals surface area contributed by atoms with Crippen LogP contribution in [0.5, 0.6) is 5.75 Å². The molecular weight excluding hydrogens is 398 g/mol. The number of ether oxygens (including phenoxy) is 1. The molecule has 0 atom stereocenters. The number of thiazole rings is 1. The van der Waals surface area contributed by atoms with Crippen LogP contribution >= 0.6 is 11.3 Å². The van der Waals surface area contributed by atoms with Crippen molar-refractivity contribution in [3.05, 3.63) is 64.7 Å². The molecule has 9 heteroatoms. The summed E-state index contributed by atoms with van der Waals surface area (Å²) in [6.45, 7) is 3.62. The van der Waals surface area contributed by atoms with Crippen LogP contribution in [0.2, 0.25) is 0 Å². The molecule has 1 heterocycles. The molecule has 2 N–H and O–H groups in total. The molecule has 0 unspecified atom stereocenters. The summed E-state index contributed by atoms with van der Waals surface area (Å²) >= 11 is 0.981. The van der Waals surface area contributed by atoms with Crippen LogP contribution in [0.1, 0.15) is 20.9 Å². The van der Waals surface area contributed by atoms with Crippen LogP contribution in [-0.4, -0.2) is 26.4 Å². The highest BCUT2D eigenvalue weighted by molar-refractivity contribution is 7.93. The smallest absolute Gasteiger partial charge is 0.267 e. The van der Waals surface area contributed by atoms with Crippen molar-refractivity contribution in [2.75, 3.05) is 17.1 Å². The van der Waals surface area contributed by atoms with E-state index in [1.165, 1.54) is 19.2 Å². The van der Waals surface area contributed by atoms with Gasteiger partial charge in [-0.3, -0.25) is 9.52 Å². The summed E-state index contributed by atoms with van der Waals surface area (Å²) in [7, 11) is -2.32. The molecule has 1 aromatic heterocycles. The summed E-state index contributed by atoms with van der Waals surface area (Å²) in [5.74, 6) is 0.216. The fourth-order valence-electron chi connectivity index (χ4n) is 2.40. The number of nitrogens with zero attached hydrogens (tertiary/aromatic N) is 1. The molecule has 0 saturated carbocycles. The van der Waals surface area contributed by atoms with Crippen molar-refractivity contribution in [1.82, 2.24) is 4.98 Å². The second kappa shape index (κ2) is 7.99. The SMILES string of the molecule is COc1ccc(S(=O)(=O)Nc2nc(C)c(C(=O)Nc3ccc(C)cc3)s2)cc1. The van der Waals surface area contributed by atoms with Gasteiger partial charge in [0.2, 0.25) is 0 Å². The first kappa shape index (κ1) is 19.8. The average molecular weight is 418 g/mol. The molecule has 0 radical (unpaired) electrons. The first-order valence-corrected chi connectivity index (χ1v) is 10.6. The molecule has 0 aliphatic carbocycles. The molecule has 2 aromatic carbocycles. The van der Waals surface area contributed by atoms with Crippen molar-refractivity contribution >= 4 is 38.1 Å². The van der Waals surface area contributed by atoms with Crippen molar-refractivity contribution < 1.29 is 17.9 Å². The molecule has 1 amide bonds. The minimum atomic E-state index is -3.82. The maximum absolute atomic E-state index is 12.5. The maximum atomic E-state index is 12.5. The van der Waals surface area contributed by atoms with Gasteiger partial charge in [-0.05, 0) is 50.2 Å². The number of carbonyl (C=O) groups excluding carboxylic acids is 1. The molecule has 0 aliphatic heterocycles. The van der Waals surface area contributed by atoms with E-state index in [9.17, 15) is 13.2 Å². The minimum absolute atomic E-state index is 0.0757. The van der Waals surface area contributed by atoms with Gasteiger partial charge in [0, 0.05) is 5.69 Å².